The summed E-state index contributed by atoms with van der Waals surface area (Å²) in [6, 6.07) is 16.7. The minimum atomic E-state index is -0.390. The van der Waals surface area contributed by atoms with Crippen molar-refractivity contribution in [1.29, 1.82) is 5.26 Å². The molecule has 0 fully saturated rings. The lowest BCUT2D eigenvalue weighted by Gasteiger charge is -2.05. The molecule has 6 nitrogen and oxygen atoms in total. The van der Waals surface area contributed by atoms with Crippen molar-refractivity contribution in [3.63, 3.8) is 0 Å². The summed E-state index contributed by atoms with van der Waals surface area (Å²) >= 11 is 1.40. The predicted octanol–water partition coefficient (Wildman–Crippen LogP) is 5.21. The number of methoxy groups -OCH3 is 1. The molecule has 0 saturated carbocycles. The van der Waals surface area contributed by atoms with Gasteiger partial charge in [-0.1, -0.05) is 0 Å². The minimum absolute atomic E-state index is 0.390. The standard InChI is InChI=1S/C23H17N3O3S/c1-14-9-22(27)29-21-10-17(5-8-19(14)21)25-12-16(11-24)23-26-20(13-30-23)15-3-6-18(28-2)7-4-15/h3-10,12-13,25H,1-2H3/b16-12+. The van der Waals surface area contributed by atoms with Crippen LogP contribution in [-0.4, -0.2) is 12.1 Å². The van der Waals surface area contributed by atoms with E-state index in [2.05, 4.69) is 16.4 Å². The Morgan fingerprint density at radius 3 is 2.77 bits per heavy atom. The van der Waals surface area contributed by atoms with E-state index in [-0.39, 0.29) is 5.63 Å². The zero-order chi connectivity index (χ0) is 21.1. The summed E-state index contributed by atoms with van der Waals surface area (Å²) in [4.78, 5) is 16.2. The molecule has 0 aliphatic carbocycles. The number of thiazole rings is 1. The van der Waals surface area contributed by atoms with Gasteiger partial charge in [0.2, 0.25) is 0 Å². The molecule has 0 atom stereocenters. The first-order valence-electron chi connectivity index (χ1n) is 9.09. The SMILES string of the molecule is COc1ccc(-c2csc(/C(C#N)=C/Nc3ccc4c(C)cc(=O)oc4c3)n2)cc1. The molecule has 0 spiro atoms. The molecule has 0 unspecified atom stereocenters. The van der Waals surface area contributed by atoms with Gasteiger partial charge in [0.25, 0.3) is 0 Å². The van der Waals surface area contributed by atoms with E-state index in [1.165, 1.54) is 17.4 Å². The number of hydrogen-bond acceptors (Lipinski definition) is 7. The maximum atomic E-state index is 11.6. The average molecular weight is 415 g/mol. The third-order valence-electron chi connectivity index (χ3n) is 4.58. The van der Waals surface area contributed by atoms with Crippen LogP contribution in [0, 0.1) is 18.3 Å². The lowest BCUT2D eigenvalue weighted by molar-refractivity contribution is 0.415. The molecule has 0 aliphatic heterocycles. The van der Waals surface area contributed by atoms with Crippen molar-refractivity contribution >= 4 is 33.6 Å². The molecule has 148 valence electrons. The number of aromatic nitrogens is 1. The van der Waals surface area contributed by atoms with Crippen molar-refractivity contribution in [1.82, 2.24) is 4.98 Å². The molecule has 0 aliphatic rings. The number of nitrogens with zero attached hydrogens (tertiary/aromatic N) is 2. The number of benzene rings is 2. The van der Waals surface area contributed by atoms with Gasteiger partial charge in [-0.3, -0.25) is 0 Å². The van der Waals surface area contributed by atoms with Crippen LogP contribution in [0.5, 0.6) is 5.75 Å². The van der Waals surface area contributed by atoms with Crippen LogP contribution in [0.1, 0.15) is 10.6 Å². The zero-order valence-corrected chi connectivity index (χ0v) is 17.1. The summed E-state index contributed by atoms with van der Waals surface area (Å²) in [5, 5.41) is 16.1. The van der Waals surface area contributed by atoms with Crippen LogP contribution in [0.25, 0.3) is 27.8 Å². The van der Waals surface area contributed by atoms with Crippen LogP contribution >= 0.6 is 11.3 Å². The van der Waals surface area contributed by atoms with Crippen molar-refractivity contribution in [2.45, 2.75) is 6.92 Å². The van der Waals surface area contributed by atoms with Crippen LogP contribution in [-0.2, 0) is 0 Å². The molecule has 0 bridgehead atoms. The van der Waals surface area contributed by atoms with Gasteiger partial charge in [-0.15, -0.1) is 11.3 Å². The smallest absolute Gasteiger partial charge is 0.336 e. The first-order valence-corrected chi connectivity index (χ1v) is 9.97. The molecule has 2 heterocycles. The quantitative estimate of drug-likeness (QED) is 0.356. The van der Waals surface area contributed by atoms with Crippen molar-refractivity contribution in [2.24, 2.45) is 0 Å². The van der Waals surface area contributed by atoms with E-state index in [0.29, 0.717) is 21.9 Å². The highest BCUT2D eigenvalue weighted by Gasteiger charge is 2.10. The molecular formula is C23H17N3O3S. The van der Waals surface area contributed by atoms with Crippen LogP contribution in [0.4, 0.5) is 5.69 Å². The second-order valence-electron chi connectivity index (χ2n) is 6.54. The van der Waals surface area contributed by atoms with Gasteiger partial charge < -0.3 is 14.5 Å². The fraction of sp³-hybridized carbons (Fsp3) is 0.0870. The van der Waals surface area contributed by atoms with E-state index in [1.54, 1.807) is 19.4 Å². The van der Waals surface area contributed by atoms with Crippen molar-refractivity contribution < 1.29 is 9.15 Å². The summed E-state index contributed by atoms with van der Waals surface area (Å²) in [6.07, 6.45) is 1.60. The summed E-state index contributed by atoms with van der Waals surface area (Å²) in [7, 11) is 1.62. The van der Waals surface area contributed by atoms with Gasteiger partial charge >= 0.3 is 5.63 Å². The van der Waals surface area contributed by atoms with Crippen LogP contribution < -0.4 is 15.7 Å². The van der Waals surface area contributed by atoms with Crippen molar-refractivity contribution in [2.75, 3.05) is 12.4 Å². The Morgan fingerprint density at radius 1 is 1.23 bits per heavy atom. The van der Waals surface area contributed by atoms with Gasteiger partial charge in [-0.2, -0.15) is 5.26 Å². The average Bonchev–Trinajstić information content (AvgIpc) is 3.24. The number of fused-ring (bicyclic) bond motifs is 1. The van der Waals surface area contributed by atoms with Gasteiger partial charge in [-0.05, 0) is 48.9 Å². The molecular weight excluding hydrogens is 398 g/mol. The number of ether oxygens (including phenoxy) is 1. The first kappa shape index (κ1) is 19.4. The summed E-state index contributed by atoms with van der Waals surface area (Å²) < 4.78 is 10.4. The number of nitriles is 1. The van der Waals surface area contributed by atoms with Gasteiger partial charge in [0.1, 0.15) is 28.0 Å². The monoisotopic (exact) mass is 415 g/mol. The highest BCUT2D eigenvalue weighted by molar-refractivity contribution is 7.11. The van der Waals surface area contributed by atoms with Gasteiger partial charge in [-0.25, -0.2) is 9.78 Å². The number of anilines is 1. The number of aryl methyl sites for hydroxylation is 1. The van der Waals surface area contributed by atoms with Crippen molar-refractivity contribution in [3.8, 4) is 23.1 Å². The van der Waals surface area contributed by atoms with Crippen LogP contribution in [0.3, 0.4) is 0 Å². The third-order valence-corrected chi connectivity index (χ3v) is 5.45. The van der Waals surface area contributed by atoms with Crippen LogP contribution in [0.15, 0.2) is 69.3 Å². The number of allylic oxidation sites excluding steroid dienone is 1. The molecule has 2 aromatic heterocycles. The third kappa shape index (κ3) is 3.95. The lowest BCUT2D eigenvalue weighted by Crippen LogP contribution is -1.98. The zero-order valence-electron chi connectivity index (χ0n) is 16.3. The fourth-order valence-corrected chi connectivity index (χ4v) is 3.80. The van der Waals surface area contributed by atoms with Gasteiger partial charge in [0.05, 0.1) is 12.8 Å². The lowest BCUT2D eigenvalue weighted by atomic mass is 10.1. The van der Waals surface area contributed by atoms with E-state index in [1.807, 2.05) is 48.7 Å². The molecule has 1 N–H and O–H groups in total. The van der Waals surface area contributed by atoms with Crippen LogP contribution in [0.2, 0.25) is 0 Å². The predicted molar refractivity (Wildman–Crippen MR) is 119 cm³/mol. The Labute approximate surface area is 176 Å². The van der Waals surface area contributed by atoms with E-state index in [0.717, 1.165) is 28.0 Å². The Kier molecular flexibility index (Phi) is 5.33. The summed E-state index contributed by atoms with van der Waals surface area (Å²) in [6.45, 7) is 1.86. The molecule has 30 heavy (non-hydrogen) atoms. The molecule has 4 aromatic rings. The first-order chi connectivity index (χ1) is 14.6. The van der Waals surface area contributed by atoms with Gasteiger partial charge in [0.15, 0.2) is 0 Å². The van der Waals surface area contributed by atoms with Gasteiger partial charge in [0, 0.05) is 40.3 Å². The maximum absolute atomic E-state index is 11.6. The Bertz CT molecular complexity index is 1340. The van der Waals surface area contributed by atoms with E-state index < -0.39 is 0 Å². The molecule has 0 saturated heterocycles. The minimum Gasteiger partial charge on any atom is -0.497 e. The fourth-order valence-electron chi connectivity index (χ4n) is 3.00. The Morgan fingerprint density at radius 2 is 2.03 bits per heavy atom. The maximum Gasteiger partial charge on any atom is 0.336 e. The van der Waals surface area contributed by atoms with E-state index in [9.17, 15) is 10.1 Å². The van der Waals surface area contributed by atoms with Crippen molar-refractivity contribution in [3.05, 3.63) is 81.1 Å². The molecule has 7 heteroatoms. The Hall–Kier alpha value is -3.89. The normalized spacial score (nSPS) is 11.3. The summed E-state index contributed by atoms with van der Waals surface area (Å²) in [5.74, 6) is 0.775. The van der Waals surface area contributed by atoms with E-state index in [4.69, 9.17) is 9.15 Å². The molecule has 2 aromatic carbocycles. The largest absolute Gasteiger partial charge is 0.497 e. The molecule has 0 radical (unpaired) electrons. The molecule has 0 amide bonds. The summed E-state index contributed by atoms with van der Waals surface area (Å²) in [5.41, 5.74) is 3.81. The highest BCUT2D eigenvalue weighted by Crippen LogP contribution is 2.28. The number of nitrogens with one attached hydrogen (secondary N) is 1. The second-order valence-corrected chi connectivity index (χ2v) is 7.40. The Balaban J connectivity index is 1.58. The highest BCUT2D eigenvalue weighted by atomic mass is 32.1. The second kappa shape index (κ2) is 8.23. The topological polar surface area (TPSA) is 88.1 Å². The number of hydrogen-bond donors (Lipinski definition) is 1. The number of rotatable bonds is 5. The molecule has 4 rings (SSSR count). The van der Waals surface area contributed by atoms with E-state index >= 15 is 0 Å².